The van der Waals surface area contributed by atoms with Crippen LogP contribution in [0.4, 0.5) is 0 Å². The summed E-state index contributed by atoms with van der Waals surface area (Å²) in [5.74, 6) is 7.46. The maximum Gasteiger partial charge on any atom is 0.175 e. The first-order valence-electron chi connectivity index (χ1n) is 35.4. The van der Waals surface area contributed by atoms with E-state index >= 15 is 0 Å². The number of hydrogen-bond donors (Lipinski definition) is 1. The first-order valence-corrected chi connectivity index (χ1v) is 35.4. The van der Waals surface area contributed by atoms with E-state index in [1.807, 2.05) is 0 Å². The number of aryl methyl sites for hydroxylation is 3. The summed E-state index contributed by atoms with van der Waals surface area (Å²) in [4.78, 5) is 11.7. The van der Waals surface area contributed by atoms with Gasteiger partial charge in [-0.25, -0.2) is 0 Å². The molecule has 19 heteroatoms. The van der Waals surface area contributed by atoms with Gasteiger partial charge in [-0.05, 0) is 295 Å². The number of benzene rings is 3. The van der Waals surface area contributed by atoms with Crippen molar-refractivity contribution in [3.8, 4) is 17.2 Å². The van der Waals surface area contributed by atoms with Crippen molar-refractivity contribution in [1.82, 2.24) is 45.3 Å². The lowest BCUT2D eigenvalue weighted by molar-refractivity contribution is 0.0591. The zero-order valence-electron chi connectivity index (χ0n) is 56.6. The monoisotopic (exact) mass is 1310 g/mol. The summed E-state index contributed by atoms with van der Waals surface area (Å²) in [6.07, 6.45) is 28.0. The molecule has 8 fully saturated rings. The van der Waals surface area contributed by atoms with E-state index in [-0.39, 0.29) is 24.8 Å². The minimum absolute atomic E-state index is 0. The standard InChI is InChI=1S/2C26H39N3O3.C21H31N3O2.2ClH/c2*1-28(2)17-23-25(31-18-20-5-6-20)10-8-22-24(27-32-26(22)23)9-7-19-11-13-29(14-12-19)16-21-4-3-15-30-21;1-24(2)13-18-20(25-14-16-3-4-16)8-6-17-19(23-26-21(17)18)7-5-15-9-11-22-12-10-15;;/h2*8,10,19-21H,3-7,9,11-18H2,1-2H3;6,8,15-16,22H,3-5,7,9-14H2,1-2H3;2*1H. The van der Waals surface area contributed by atoms with Gasteiger partial charge in [-0.2, -0.15) is 0 Å². The van der Waals surface area contributed by atoms with Crippen molar-refractivity contribution in [2.24, 2.45) is 35.5 Å². The summed E-state index contributed by atoms with van der Waals surface area (Å²) in [5.41, 5.74) is 9.45. The highest BCUT2D eigenvalue weighted by Gasteiger charge is 2.30. The van der Waals surface area contributed by atoms with Gasteiger partial charge < -0.3 is 67.1 Å². The predicted octanol–water partition coefficient (Wildman–Crippen LogP) is 13.5. The van der Waals surface area contributed by atoms with Gasteiger partial charge in [0.2, 0.25) is 0 Å². The number of halogens is 2. The van der Waals surface area contributed by atoms with Gasteiger partial charge in [0.15, 0.2) is 16.7 Å². The molecule has 6 aromatic rings. The number of nitrogens with one attached hydrogen (secondary N) is 1. The number of likely N-dealkylation sites (tertiary alicyclic amines) is 2. The van der Waals surface area contributed by atoms with Gasteiger partial charge in [0.1, 0.15) is 17.2 Å². The largest absolute Gasteiger partial charge is 0.493 e. The molecule has 5 aliphatic heterocycles. The average Bonchev–Trinajstić information content (AvgIpc) is 1.68. The van der Waals surface area contributed by atoms with Crippen molar-refractivity contribution in [2.45, 2.75) is 173 Å². The van der Waals surface area contributed by atoms with Crippen LogP contribution < -0.4 is 19.5 Å². The molecule has 3 aromatic heterocycles. The Morgan fingerprint density at radius 3 is 1.04 bits per heavy atom. The maximum absolute atomic E-state index is 6.16. The number of nitrogens with zero attached hydrogens (tertiary/aromatic N) is 8. The fourth-order valence-corrected chi connectivity index (χ4v) is 14.4. The lowest BCUT2D eigenvalue weighted by atomic mass is 9.91. The molecule has 3 aromatic carbocycles. The molecule has 2 atom stereocenters. The molecule has 0 radical (unpaired) electrons. The highest BCUT2D eigenvalue weighted by molar-refractivity contribution is 5.87. The summed E-state index contributed by atoms with van der Waals surface area (Å²) >= 11 is 0. The van der Waals surface area contributed by atoms with Crippen LogP contribution in [-0.4, -0.2) is 180 Å². The van der Waals surface area contributed by atoms with Crippen molar-refractivity contribution in [3.05, 3.63) is 70.2 Å². The quantitative estimate of drug-likeness (QED) is 0.0495. The van der Waals surface area contributed by atoms with E-state index in [1.165, 1.54) is 148 Å². The van der Waals surface area contributed by atoms with Crippen molar-refractivity contribution in [1.29, 1.82) is 0 Å². The maximum atomic E-state index is 6.16. The van der Waals surface area contributed by atoms with Crippen LogP contribution in [0, 0.1) is 35.5 Å². The molecule has 2 unspecified atom stereocenters. The van der Waals surface area contributed by atoms with Crippen LogP contribution in [0.15, 0.2) is 50.0 Å². The Morgan fingerprint density at radius 1 is 0.424 bits per heavy atom. The van der Waals surface area contributed by atoms with Gasteiger partial charge in [0.25, 0.3) is 0 Å². The van der Waals surface area contributed by atoms with E-state index in [9.17, 15) is 0 Å². The fourth-order valence-electron chi connectivity index (χ4n) is 14.4. The van der Waals surface area contributed by atoms with Crippen LogP contribution in [0.25, 0.3) is 32.9 Å². The first kappa shape index (κ1) is 70.5. The van der Waals surface area contributed by atoms with Gasteiger partial charge in [-0.15, -0.1) is 24.8 Å². The van der Waals surface area contributed by atoms with Crippen LogP contribution >= 0.6 is 24.8 Å². The molecule has 3 saturated carbocycles. The normalized spacial score (nSPS) is 21.2. The van der Waals surface area contributed by atoms with E-state index < -0.39 is 0 Å². The third kappa shape index (κ3) is 20.2. The number of ether oxygens (including phenoxy) is 5. The number of fused-ring (bicyclic) bond motifs is 3. The summed E-state index contributed by atoms with van der Waals surface area (Å²) in [6, 6.07) is 12.8. The van der Waals surface area contributed by atoms with Crippen LogP contribution in [0.5, 0.6) is 17.2 Å². The predicted molar refractivity (Wildman–Crippen MR) is 370 cm³/mol. The van der Waals surface area contributed by atoms with Gasteiger partial charge >= 0.3 is 0 Å². The molecule has 8 aliphatic rings. The molecule has 0 amide bonds. The zero-order chi connectivity index (χ0) is 61.8. The van der Waals surface area contributed by atoms with Gasteiger partial charge in [0, 0.05) is 62.1 Å². The number of rotatable bonds is 28. The molecule has 8 heterocycles. The van der Waals surface area contributed by atoms with Crippen molar-refractivity contribution in [3.63, 3.8) is 0 Å². The fraction of sp³-hybridized carbons (Fsp3) is 0.712. The second kappa shape index (κ2) is 34.6. The molecule has 3 aliphatic carbocycles. The van der Waals surface area contributed by atoms with Crippen LogP contribution in [0.3, 0.4) is 0 Å². The molecule has 17 nitrogen and oxygen atoms in total. The molecule has 14 rings (SSSR count). The number of aromatic nitrogens is 3. The van der Waals surface area contributed by atoms with E-state index in [1.54, 1.807) is 0 Å². The van der Waals surface area contributed by atoms with Crippen molar-refractivity contribution < 1.29 is 37.3 Å². The molecular formula is C73H111Cl2N9O8. The summed E-state index contributed by atoms with van der Waals surface area (Å²) in [5, 5.41) is 20.4. The van der Waals surface area contributed by atoms with E-state index in [0.717, 1.165) is 218 Å². The third-order valence-electron chi connectivity index (χ3n) is 20.5. The Hall–Kier alpha value is -4.27. The lowest BCUT2D eigenvalue weighted by Crippen LogP contribution is -2.38. The van der Waals surface area contributed by atoms with Crippen molar-refractivity contribution in [2.75, 3.05) is 128 Å². The number of piperidine rings is 3. The molecule has 92 heavy (non-hydrogen) atoms. The Morgan fingerprint density at radius 2 is 0.750 bits per heavy atom. The Balaban J connectivity index is 0.000000151. The van der Waals surface area contributed by atoms with E-state index in [2.05, 4.69) is 124 Å². The smallest absolute Gasteiger partial charge is 0.175 e. The zero-order valence-corrected chi connectivity index (χ0v) is 58.2. The second-order valence-electron chi connectivity index (χ2n) is 29.2. The Bertz CT molecular complexity index is 3010. The highest BCUT2D eigenvalue weighted by atomic mass is 35.5. The Kier molecular flexibility index (Phi) is 26.5. The van der Waals surface area contributed by atoms with Crippen LogP contribution in [0.1, 0.15) is 156 Å². The molecule has 510 valence electrons. The Labute approximate surface area is 561 Å². The van der Waals surface area contributed by atoms with Gasteiger partial charge in [-0.1, -0.05) is 15.5 Å². The van der Waals surface area contributed by atoms with Crippen LogP contribution in [-0.2, 0) is 48.4 Å². The SMILES string of the molecule is CN(C)Cc1c(OCC2CC2)ccc2c(CCC3CCN(CC4CCCO4)CC3)noc12.CN(C)Cc1c(OCC2CC2)ccc2c(CCC3CCN(CC4CCCO4)CC3)noc12.CN(C)Cc1c(OCC2CC2)ccc2c(CCC3CCNCC3)noc12.Cl.Cl. The topological polar surface area (TPSA) is 152 Å². The minimum atomic E-state index is 0. The third-order valence-corrected chi connectivity index (χ3v) is 20.5. The molecule has 0 spiro atoms. The lowest BCUT2D eigenvalue weighted by Gasteiger charge is -2.33. The van der Waals surface area contributed by atoms with Crippen LogP contribution in [0.2, 0.25) is 0 Å². The summed E-state index contributed by atoms with van der Waals surface area (Å²) in [6.45, 7) is 16.2. The second-order valence-corrected chi connectivity index (χ2v) is 29.2. The summed E-state index contributed by atoms with van der Waals surface area (Å²) < 4.78 is 47.7. The highest BCUT2D eigenvalue weighted by Crippen LogP contribution is 2.39. The van der Waals surface area contributed by atoms with E-state index in [4.69, 9.17) is 37.3 Å². The van der Waals surface area contributed by atoms with Gasteiger partial charge in [0.05, 0.1) is 65.8 Å². The van der Waals surface area contributed by atoms with E-state index in [0.29, 0.717) is 12.2 Å². The average molecular weight is 1310 g/mol. The first-order chi connectivity index (χ1) is 44.0. The molecular weight excluding hydrogens is 1200 g/mol. The minimum Gasteiger partial charge on any atom is -0.493 e. The van der Waals surface area contributed by atoms with Gasteiger partial charge in [-0.3, -0.25) is 0 Å². The van der Waals surface area contributed by atoms with Crippen molar-refractivity contribution >= 4 is 57.7 Å². The molecule has 1 N–H and O–H groups in total. The summed E-state index contributed by atoms with van der Waals surface area (Å²) in [7, 11) is 12.5. The molecule has 0 bridgehead atoms. The molecule has 5 saturated heterocycles. The number of hydrogen-bond acceptors (Lipinski definition) is 17.